The van der Waals surface area contributed by atoms with E-state index >= 15 is 0 Å². The number of carbonyl (C=O) groups excluding carboxylic acids is 1. The highest BCUT2D eigenvalue weighted by Gasteiger charge is 2.36. The van der Waals surface area contributed by atoms with Crippen molar-refractivity contribution in [3.63, 3.8) is 0 Å². The number of fused-ring (bicyclic) bond motifs is 3. The molecular formula is C20H24F3N3O2. The lowest BCUT2D eigenvalue weighted by Crippen LogP contribution is -2.52. The third-order valence-electron chi connectivity index (χ3n) is 5.67. The van der Waals surface area contributed by atoms with E-state index in [1.165, 1.54) is 0 Å². The van der Waals surface area contributed by atoms with Crippen molar-refractivity contribution in [2.45, 2.75) is 63.9 Å². The fourth-order valence-corrected chi connectivity index (χ4v) is 4.30. The molecule has 2 aromatic heterocycles. The molecule has 0 spiro atoms. The standard InChI is InChI=1S/C20H24F3N3O2/c1-2-8-28-17-4-3-6-26(19(17)27)15-5-7-25-16(11-15)10-13-9-14(20(21,22)23)12-24-18(13)25/h9-10,12,15,17H,2-8,11H2,1H3. The van der Waals surface area contributed by atoms with Crippen LogP contribution in [0.15, 0.2) is 18.3 Å². The summed E-state index contributed by atoms with van der Waals surface area (Å²) in [5, 5.41) is 0.500. The van der Waals surface area contributed by atoms with Crippen LogP contribution in [0.1, 0.15) is 43.9 Å². The smallest absolute Gasteiger partial charge is 0.368 e. The highest BCUT2D eigenvalue weighted by Crippen LogP contribution is 2.33. The quantitative estimate of drug-likeness (QED) is 0.792. The second-order valence-corrected chi connectivity index (χ2v) is 7.60. The Morgan fingerprint density at radius 3 is 2.82 bits per heavy atom. The van der Waals surface area contributed by atoms with E-state index in [1.54, 1.807) is 6.07 Å². The van der Waals surface area contributed by atoms with Gasteiger partial charge in [0, 0.05) is 49.4 Å². The van der Waals surface area contributed by atoms with Crippen LogP contribution < -0.4 is 0 Å². The Morgan fingerprint density at radius 1 is 1.25 bits per heavy atom. The summed E-state index contributed by atoms with van der Waals surface area (Å²) >= 11 is 0. The SMILES string of the molecule is CCCOC1CCCN(C2CCn3c(cc4cc(C(F)(F)F)cnc43)C2)C1=O. The van der Waals surface area contributed by atoms with Gasteiger partial charge >= 0.3 is 6.18 Å². The van der Waals surface area contributed by atoms with Gasteiger partial charge in [-0.3, -0.25) is 4.79 Å². The molecule has 28 heavy (non-hydrogen) atoms. The van der Waals surface area contributed by atoms with Crippen LogP contribution in [0.5, 0.6) is 0 Å². The maximum atomic E-state index is 13.0. The number of likely N-dealkylation sites (tertiary alicyclic amines) is 1. The van der Waals surface area contributed by atoms with Crippen molar-refractivity contribution in [1.29, 1.82) is 0 Å². The van der Waals surface area contributed by atoms with Gasteiger partial charge in [0.05, 0.1) is 5.56 Å². The average Bonchev–Trinajstić information content (AvgIpc) is 3.03. The predicted octanol–water partition coefficient (Wildman–Crippen LogP) is 3.79. The molecule has 2 aromatic rings. The van der Waals surface area contributed by atoms with Crippen LogP contribution in [-0.4, -0.2) is 45.7 Å². The Morgan fingerprint density at radius 2 is 2.07 bits per heavy atom. The van der Waals surface area contributed by atoms with Gasteiger partial charge in [-0.1, -0.05) is 6.92 Å². The zero-order chi connectivity index (χ0) is 19.9. The van der Waals surface area contributed by atoms with Gasteiger partial charge in [-0.25, -0.2) is 4.98 Å². The number of hydrogen-bond donors (Lipinski definition) is 0. The van der Waals surface area contributed by atoms with Crippen LogP contribution >= 0.6 is 0 Å². The molecule has 152 valence electrons. The lowest BCUT2D eigenvalue weighted by atomic mass is 9.98. The van der Waals surface area contributed by atoms with E-state index in [2.05, 4.69) is 4.98 Å². The largest absolute Gasteiger partial charge is 0.417 e. The molecule has 0 aliphatic carbocycles. The first-order valence-corrected chi connectivity index (χ1v) is 9.86. The van der Waals surface area contributed by atoms with E-state index in [0.29, 0.717) is 37.2 Å². The summed E-state index contributed by atoms with van der Waals surface area (Å²) in [4.78, 5) is 18.8. The lowest BCUT2D eigenvalue weighted by molar-refractivity contribution is -0.151. The molecule has 2 unspecified atom stereocenters. The van der Waals surface area contributed by atoms with Gasteiger partial charge in [0.1, 0.15) is 11.8 Å². The number of pyridine rings is 1. The summed E-state index contributed by atoms with van der Waals surface area (Å²) in [5.74, 6) is 0.0479. The Kier molecular flexibility index (Phi) is 5.07. The van der Waals surface area contributed by atoms with Gasteiger partial charge in [-0.15, -0.1) is 0 Å². The fourth-order valence-electron chi connectivity index (χ4n) is 4.30. The molecule has 1 amide bonds. The summed E-state index contributed by atoms with van der Waals surface area (Å²) in [6.45, 7) is 3.96. The van der Waals surface area contributed by atoms with Crippen molar-refractivity contribution < 1.29 is 22.7 Å². The van der Waals surface area contributed by atoms with E-state index < -0.39 is 11.7 Å². The molecule has 2 aliphatic heterocycles. The molecule has 1 saturated heterocycles. The second kappa shape index (κ2) is 7.39. The molecule has 8 heteroatoms. The third kappa shape index (κ3) is 3.50. The zero-order valence-corrected chi connectivity index (χ0v) is 15.8. The molecule has 4 heterocycles. The third-order valence-corrected chi connectivity index (χ3v) is 5.67. The summed E-state index contributed by atoms with van der Waals surface area (Å²) < 4.78 is 46.6. The first-order chi connectivity index (χ1) is 13.4. The molecule has 0 aromatic carbocycles. The molecular weight excluding hydrogens is 371 g/mol. The molecule has 0 N–H and O–H groups in total. The molecule has 2 aliphatic rings. The van der Waals surface area contributed by atoms with Gasteiger partial charge in [0.2, 0.25) is 0 Å². The number of nitrogens with zero attached hydrogens (tertiary/aromatic N) is 3. The molecule has 0 bridgehead atoms. The molecule has 0 saturated carbocycles. The van der Waals surface area contributed by atoms with Gasteiger partial charge in [-0.2, -0.15) is 13.2 Å². The highest BCUT2D eigenvalue weighted by molar-refractivity contribution is 5.82. The predicted molar refractivity (Wildman–Crippen MR) is 97.8 cm³/mol. The van der Waals surface area contributed by atoms with Crippen LogP contribution in [-0.2, 0) is 28.7 Å². The number of rotatable bonds is 4. The van der Waals surface area contributed by atoms with E-state index in [4.69, 9.17) is 4.74 Å². The van der Waals surface area contributed by atoms with E-state index in [9.17, 15) is 18.0 Å². The fraction of sp³-hybridized carbons (Fsp3) is 0.600. The summed E-state index contributed by atoms with van der Waals surface area (Å²) in [6.07, 6.45) is 0.0710. The Balaban J connectivity index is 1.55. The number of halogens is 3. The van der Waals surface area contributed by atoms with Crippen LogP contribution in [0.25, 0.3) is 11.0 Å². The van der Waals surface area contributed by atoms with Gasteiger partial charge < -0.3 is 14.2 Å². The minimum atomic E-state index is -4.40. The first-order valence-electron chi connectivity index (χ1n) is 9.86. The number of aromatic nitrogens is 2. The molecule has 4 rings (SSSR count). The highest BCUT2D eigenvalue weighted by atomic mass is 19.4. The lowest BCUT2D eigenvalue weighted by Gasteiger charge is -2.40. The average molecular weight is 395 g/mol. The van der Waals surface area contributed by atoms with Crippen molar-refractivity contribution in [3.05, 3.63) is 29.6 Å². The number of ether oxygens (including phenoxy) is 1. The minimum Gasteiger partial charge on any atom is -0.368 e. The number of amides is 1. The molecule has 2 atom stereocenters. The van der Waals surface area contributed by atoms with E-state index in [1.807, 2.05) is 16.4 Å². The number of aryl methyl sites for hydroxylation is 1. The second-order valence-electron chi connectivity index (χ2n) is 7.60. The topological polar surface area (TPSA) is 47.4 Å². The first kappa shape index (κ1) is 19.2. The Bertz CT molecular complexity index is 877. The number of hydrogen-bond acceptors (Lipinski definition) is 3. The van der Waals surface area contributed by atoms with Crippen molar-refractivity contribution in [2.75, 3.05) is 13.2 Å². The van der Waals surface area contributed by atoms with Crippen molar-refractivity contribution >= 4 is 16.9 Å². The Labute approximate surface area is 161 Å². The van der Waals surface area contributed by atoms with Gasteiger partial charge in [0.15, 0.2) is 0 Å². The maximum Gasteiger partial charge on any atom is 0.417 e. The number of carbonyl (C=O) groups is 1. The number of piperidine rings is 1. The van der Waals surface area contributed by atoms with Crippen molar-refractivity contribution in [2.24, 2.45) is 0 Å². The summed E-state index contributed by atoms with van der Waals surface area (Å²) in [7, 11) is 0. The van der Waals surface area contributed by atoms with Gasteiger partial charge in [-0.05, 0) is 37.8 Å². The van der Waals surface area contributed by atoms with Crippen molar-refractivity contribution in [3.8, 4) is 0 Å². The van der Waals surface area contributed by atoms with Gasteiger partial charge in [0.25, 0.3) is 5.91 Å². The Hall–Kier alpha value is -2.09. The molecule has 0 radical (unpaired) electrons. The molecule has 5 nitrogen and oxygen atoms in total. The zero-order valence-electron chi connectivity index (χ0n) is 15.8. The number of alkyl halides is 3. The minimum absolute atomic E-state index is 0.0479. The summed E-state index contributed by atoms with van der Waals surface area (Å²) in [6, 6.07) is 2.99. The van der Waals surface area contributed by atoms with Crippen LogP contribution in [0, 0.1) is 0 Å². The van der Waals surface area contributed by atoms with Crippen LogP contribution in [0.3, 0.4) is 0 Å². The van der Waals surface area contributed by atoms with Crippen LogP contribution in [0.2, 0.25) is 0 Å². The van der Waals surface area contributed by atoms with E-state index in [0.717, 1.165) is 43.6 Å². The monoisotopic (exact) mass is 395 g/mol. The van der Waals surface area contributed by atoms with Crippen molar-refractivity contribution in [1.82, 2.24) is 14.5 Å². The molecule has 1 fully saturated rings. The van der Waals surface area contributed by atoms with Crippen LogP contribution in [0.4, 0.5) is 13.2 Å². The van der Waals surface area contributed by atoms with E-state index in [-0.39, 0.29) is 18.1 Å². The summed E-state index contributed by atoms with van der Waals surface area (Å²) in [5.41, 5.74) is 0.777. The normalized spacial score (nSPS) is 23.3. The maximum absolute atomic E-state index is 13.0.